The normalized spacial score (nSPS) is 16.4. The number of carbonyl (C=O) groups excluding carboxylic acids is 1. The number of ether oxygens (including phenoxy) is 3. The lowest BCUT2D eigenvalue weighted by molar-refractivity contribution is -0.135. The van der Waals surface area contributed by atoms with Crippen LogP contribution in [-0.4, -0.2) is 38.7 Å². The maximum Gasteiger partial charge on any atom is 0.378 e. The molecule has 88 valence electrons. The Balaban J connectivity index is 2.43. The minimum Gasteiger partial charge on any atom is -0.495 e. The molecule has 0 saturated carbocycles. The third-order valence-corrected chi connectivity index (χ3v) is 1.52. The summed E-state index contributed by atoms with van der Waals surface area (Å²) < 4.78 is 14.5. The van der Waals surface area contributed by atoms with E-state index >= 15 is 0 Å². The highest BCUT2D eigenvalue weighted by molar-refractivity contribution is 6.36. The summed E-state index contributed by atoms with van der Waals surface area (Å²) in [6.45, 7) is 2.83. The van der Waals surface area contributed by atoms with E-state index in [2.05, 4.69) is 15.2 Å². The number of carbonyl (C=O) groups is 1. The topological polar surface area (TPSA) is 81.8 Å². The number of nitrogens with zero attached hydrogens (tertiary/aromatic N) is 3. The standard InChI is InChI=1S/C9H13N3O4/c1-3-16-9(13)8-10-7(11-12-8)6-15-5-4-14-2/h6H,3-5H2,1-2H3. The minimum atomic E-state index is -0.591. The van der Waals surface area contributed by atoms with E-state index in [9.17, 15) is 4.79 Å². The molecule has 0 aromatic carbocycles. The van der Waals surface area contributed by atoms with Gasteiger partial charge in [0, 0.05) is 7.11 Å². The van der Waals surface area contributed by atoms with Crippen LogP contribution < -0.4 is 0 Å². The molecule has 0 aliphatic carbocycles. The van der Waals surface area contributed by atoms with Crippen molar-refractivity contribution in [3.8, 4) is 0 Å². The molecule has 0 radical (unpaired) electrons. The van der Waals surface area contributed by atoms with E-state index in [0.29, 0.717) is 13.2 Å². The quantitative estimate of drug-likeness (QED) is 0.383. The third kappa shape index (κ3) is 3.77. The predicted octanol–water partition coefficient (Wildman–Crippen LogP) is 0.876. The average Bonchev–Trinajstić information content (AvgIpc) is 2.73. The zero-order chi connectivity index (χ0) is 11.8. The van der Waals surface area contributed by atoms with Crippen molar-refractivity contribution in [3.05, 3.63) is 12.1 Å². The molecular formula is C9H13N3O4. The second-order valence-corrected chi connectivity index (χ2v) is 2.70. The van der Waals surface area contributed by atoms with Gasteiger partial charge in [-0.1, -0.05) is 0 Å². The molecule has 0 saturated heterocycles. The fraction of sp³-hybridized carbons (Fsp3) is 0.556. The summed E-state index contributed by atoms with van der Waals surface area (Å²) in [6.07, 6.45) is 1.31. The summed E-state index contributed by atoms with van der Waals surface area (Å²) in [5.74, 6) is -0.422. The number of amidine groups is 1. The van der Waals surface area contributed by atoms with Crippen molar-refractivity contribution in [2.24, 2.45) is 15.2 Å². The van der Waals surface area contributed by atoms with Crippen molar-refractivity contribution >= 4 is 11.8 Å². The molecule has 0 N–H and O–H groups in total. The number of hydrogen-bond acceptors (Lipinski definition) is 7. The minimum absolute atomic E-state index is 0.0663. The van der Waals surface area contributed by atoms with Crippen LogP contribution in [0.4, 0.5) is 0 Å². The van der Waals surface area contributed by atoms with E-state index in [1.807, 2.05) is 0 Å². The van der Waals surface area contributed by atoms with Gasteiger partial charge in [0.05, 0.1) is 13.2 Å². The van der Waals surface area contributed by atoms with Crippen molar-refractivity contribution in [3.63, 3.8) is 0 Å². The number of hydrogen-bond donors (Lipinski definition) is 0. The van der Waals surface area contributed by atoms with Gasteiger partial charge in [-0.05, 0) is 6.92 Å². The Labute approximate surface area is 92.8 Å². The average molecular weight is 227 g/mol. The molecule has 0 unspecified atom stereocenters. The van der Waals surface area contributed by atoms with Crippen molar-refractivity contribution < 1.29 is 19.0 Å². The molecule has 16 heavy (non-hydrogen) atoms. The Morgan fingerprint density at radius 2 is 2.19 bits per heavy atom. The maximum absolute atomic E-state index is 11.2. The van der Waals surface area contributed by atoms with Gasteiger partial charge in [0.1, 0.15) is 12.9 Å². The van der Waals surface area contributed by atoms with Crippen molar-refractivity contribution in [2.45, 2.75) is 6.92 Å². The van der Waals surface area contributed by atoms with Gasteiger partial charge in [-0.25, -0.2) is 4.79 Å². The van der Waals surface area contributed by atoms with Crippen LogP contribution in [0.3, 0.4) is 0 Å². The Morgan fingerprint density at radius 3 is 2.88 bits per heavy atom. The molecule has 7 heteroatoms. The molecule has 1 aliphatic heterocycles. The molecule has 0 spiro atoms. The monoisotopic (exact) mass is 227 g/mol. The fourth-order valence-electron chi connectivity index (χ4n) is 0.849. The summed E-state index contributed by atoms with van der Waals surface area (Å²) in [7, 11) is 1.57. The van der Waals surface area contributed by atoms with Crippen LogP contribution in [0.2, 0.25) is 0 Å². The van der Waals surface area contributed by atoms with E-state index < -0.39 is 5.97 Å². The van der Waals surface area contributed by atoms with Crippen molar-refractivity contribution in [1.29, 1.82) is 0 Å². The molecule has 0 amide bonds. The van der Waals surface area contributed by atoms with Gasteiger partial charge >= 0.3 is 5.97 Å². The molecular weight excluding hydrogens is 214 g/mol. The second kappa shape index (κ2) is 6.67. The Kier molecular flexibility index (Phi) is 5.13. The second-order valence-electron chi connectivity index (χ2n) is 2.70. The third-order valence-electron chi connectivity index (χ3n) is 1.52. The lowest BCUT2D eigenvalue weighted by atomic mass is 10.6. The smallest absolute Gasteiger partial charge is 0.378 e. The first-order valence-electron chi connectivity index (χ1n) is 4.76. The summed E-state index contributed by atoms with van der Waals surface area (Å²) in [5, 5.41) is 7.19. The van der Waals surface area contributed by atoms with Crippen LogP contribution in [0.15, 0.2) is 27.3 Å². The van der Waals surface area contributed by atoms with Gasteiger partial charge in [0.2, 0.25) is 5.82 Å². The molecule has 1 aliphatic rings. The summed E-state index contributed by atoms with van der Waals surface area (Å²) >= 11 is 0. The first-order chi connectivity index (χ1) is 7.77. The van der Waals surface area contributed by atoms with E-state index in [1.54, 1.807) is 14.0 Å². The molecule has 0 atom stereocenters. The molecule has 0 aromatic heterocycles. The number of aliphatic imine (C=N–C) groups is 1. The highest BCUT2D eigenvalue weighted by atomic mass is 16.5. The Hall–Kier alpha value is -1.76. The van der Waals surface area contributed by atoms with Crippen LogP contribution in [0.25, 0.3) is 0 Å². The lowest BCUT2D eigenvalue weighted by Crippen LogP contribution is -2.13. The van der Waals surface area contributed by atoms with Gasteiger partial charge in [-0.2, -0.15) is 4.99 Å². The number of methoxy groups -OCH3 is 1. The molecule has 0 fully saturated rings. The van der Waals surface area contributed by atoms with Gasteiger partial charge in [0.15, 0.2) is 0 Å². The molecule has 7 nitrogen and oxygen atoms in total. The van der Waals surface area contributed by atoms with Gasteiger partial charge in [-0.15, -0.1) is 10.2 Å². The SMILES string of the molecule is CCOC(=O)C1=NC(=COCCOC)N=N1. The zero-order valence-corrected chi connectivity index (χ0v) is 9.17. The van der Waals surface area contributed by atoms with Crippen LogP contribution in [0.5, 0.6) is 0 Å². The number of azo groups is 1. The summed E-state index contributed by atoms with van der Waals surface area (Å²) in [4.78, 5) is 15.0. The Bertz CT molecular complexity index is 336. The molecule has 0 aromatic rings. The van der Waals surface area contributed by atoms with E-state index in [4.69, 9.17) is 14.2 Å². The molecule has 0 bridgehead atoms. The lowest BCUT2D eigenvalue weighted by Gasteiger charge is -1.97. The largest absolute Gasteiger partial charge is 0.495 e. The highest BCUT2D eigenvalue weighted by Gasteiger charge is 2.17. The van der Waals surface area contributed by atoms with Gasteiger partial charge < -0.3 is 14.2 Å². The van der Waals surface area contributed by atoms with Crippen LogP contribution in [0.1, 0.15) is 6.92 Å². The molecule has 1 heterocycles. The Morgan fingerprint density at radius 1 is 1.38 bits per heavy atom. The van der Waals surface area contributed by atoms with Crippen molar-refractivity contribution in [1.82, 2.24) is 0 Å². The van der Waals surface area contributed by atoms with Crippen LogP contribution in [-0.2, 0) is 19.0 Å². The van der Waals surface area contributed by atoms with E-state index in [-0.39, 0.29) is 18.3 Å². The van der Waals surface area contributed by atoms with E-state index in [1.165, 1.54) is 6.26 Å². The molecule has 1 rings (SSSR count). The first-order valence-corrected chi connectivity index (χ1v) is 4.76. The van der Waals surface area contributed by atoms with Crippen molar-refractivity contribution in [2.75, 3.05) is 26.9 Å². The van der Waals surface area contributed by atoms with E-state index in [0.717, 1.165) is 0 Å². The van der Waals surface area contributed by atoms with Gasteiger partial charge in [0.25, 0.3) is 5.84 Å². The zero-order valence-electron chi connectivity index (χ0n) is 9.17. The van der Waals surface area contributed by atoms with Gasteiger partial charge in [-0.3, -0.25) is 0 Å². The fourth-order valence-corrected chi connectivity index (χ4v) is 0.849. The highest BCUT2D eigenvalue weighted by Crippen LogP contribution is 2.10. The van der Waals surface area contributed by atoms with Crippen LogP contribution >= 0.6 is 0 Å². The summed E-state index contributed by atoms with van der Waals surface area (Å²) in [6, 6.07) is 0. The number of esters is 1. The summed E-state index contributed by atoms with van der Waals surface area (Å²) in [5.41, 5.74) is 0. The van der Waals surface area contributed by atoms with Crippen LogP contribution in [0, 0.1) is 0 Å². The predicted molar refractivity (Wildman–Crippen MR) is 54.8 cm³/mol. The first kappa shape index (κ1) is 12.3. The maximum atomic E-state index is 11.2. The number of rotatable bonds is 6.